The molecule has 0 aliphatic heterocycles. The van der Waals surface area contributed by atoms with Gasteiger partial charge in [-0.25, -0.2) is 0 Å². The Balaban J connectivity index is 2.31. The average Bonchev–Trinajstić information content (AvgIpc) is 2.53. The zero-order valence-electron chi connectivity index (χ0n) is 7.33. The summed E-state index contributed by atoms with van der Waals surface area (Å²) in [4.78, 5) is 0. The van der Waals surface area contributed by atoms with Crippen LogP contribution in [0.1, 0.15) is 19.8 Å². The standard InChI is InChI=1S/C7H13N3S2/c1-3-4-5-8-6-9-10-7(11-2)12-6/h3-5H2,1-2H3,(H,8,9). The van der Waals surface area contributed by atoms with Crippen LogP contribution in [-0.4, -0.2) is 23.0 Å². The van der Waals surface area contributed by atoms with Crippen LogP contribution in [-0.2, 0) is 0 Å². The number of hydrogen-bond acceptors (Lipinski definition) is 5. The lowest BCUT2D eigenvalue weighted by Crippen LogP contribution is -1.99. The molecule has 0 bridgehead atoms. The van der Waals surface area contributed by atoms with Crippen molar-refractivity contribution in [1.29, 1.82) is 0 Å². The Labute approximate surface area is 81.0 Å². The van der Waals surface area contributed by atoms with Gasteiger partial charge in [0, 0.05) is 6.54 Å². The minimum absolute atomic E-state index is 0.938. The molecule has 68 valence electrons. The van der Waals surface area contributed by atoms with E-state index in [4.69, 9.17) is 0 Å². The van der Waals surface area contributed by atoms with Crippen LogP contribution in [0.3, 0.4) is 0 Å². The first kappa shape index (κ1) is 9.80. The molecule has 1 heterocycles. The smallest absolute Gasteiger partial charge is 0.206 e. The first-order valence-corrected chi connectivity index (χ1v) is 6.02. The molecule has 0 aliphatic carbocycles. The predicted octanol–water partition coefficient (Wildman–Crippen LogP) is 2.47. The Morgan fingerprint density at radius 1 is 1.50 bits per heavy atom. The van der Waals surface area contributed by atoms with Crippen molar-refractivity contribution < 1.29 is 0 Å². The fourth-order valence-electron chi connectivity index (χ4n) is 0.736. The molecule has 12 heavy (non-hydrogen) atoms. The molecule has 5 heteroatoms. The van der Waals surface area contributed by atoms with Gasteiger partial charge in [-0.2, -0.15) is 0 Å². The van der Waals surface area contributed by atoms with Gasteiger partial charge < -0.3 is 5.32 Å². The Kier molecular flexibility index (Phi) is 4.39. The number of hydrogen-bond donors (Lipinski definition) is 1. The molecule has 0 spiro atoms. The number of thioether (sulfide) groups is 1. The zero-order valence-corrected chi connectivity index (χ0v) is 8.97. The summed E-state index contributed by atoms with van der Waals surface area (Å²) < 4.78 is 1.02. The summed E-state index contributed by atoms with van der Waals surface area (Å²) in [5.74, 6) is 0. The SMILES string of the molecule is CCCCNc1nnc(SC)s1. The van der Waals surface area contributed by atoms with Gasteiger partial charge in [0.15, 0.2) is 4.34 Å². The number of rotatable bonds is 5. The van der Waals surface area contributed by atoms with Crippen LogP contribution in [0.2, 0.25) is 0 Å². The molecule has 0 aromatic carbocycles. The summed E-state index contributed by atoms with van der Waals surface area (Å²) in [5, 5.41) is 12.1. The third-order valence-corrected chi connectivity index (χ3v) is 3.24. The third-order valence-electron chi connectivity index (χ3n) is 1.39. The van der Waals surface area contributed by atoms with E-state index in [2.05, 4.69) is 22.4 Å². The molecular formula is C7H13N3S2. The topological polar surface area (TPSA) is 37.8 Å². The van der Waals surface area contributed by atoms with Gasteiger partial charge in [0.25, 0.3) is 0 Å². The van der Waals surface area contributed by atoms with Crippen LogP contribution in [0, 0.1) is 0 Å². The van der Waals surface area contributed by atoms with Gasteiger partial charge in [0.05, 0.1) is 0 Å². The van der Waals surface area contributed by atoms with Gasteiger partial charge in [-0.1, -0.05) is 36.4 Å². The zero-order chi connectivity index (χ0) is 8.81. The maximum Gasteiger partial charge on any atom is 0.206 e. The summed E-state index contributed by atoms with van der Waals surface area (Å²) in [5.41, 5.74) is 0. The predicted molar refractivity (Wildman–Crippen MR) is 55.1 cm³/mol. The molecule has 1 aromatic rings. The van der Waals surface area contributed by atoms with Gasteiger partial charge in [-0.05, 0) is 12.7 Å². The second-order valence-corrected chi connectivity index (χ2v) is 4.39. The highest BCUT2D eigenvalue weighted by atomic mass is 32.2. The maximum atomic E-state index is 4.00. The normalized spacial score (nSPS) is 10.2. The van der Waals surface area contributed by atoms with Crippen LogP contribution in [0.5, 0.6) is 0 Å². The minimum atomic E-state index is 0.938. The van der Waals surface area contributed by atoms with Crippen molar-refractivity contribution in [2.24, 2.45) is 0 Å². The summed E-state index contributed by atoms with van der Waals surface area (Å²) in [6.07, 6.45) is 4.41. The van der Waals surface area contributed by atoms with Crippen molar-refractivity contribution in [3.05, 3.63) is 0 Å². The first-order valence-electron chi connectivity index (χ1n) is 3.98. The molecule has 0 amide bonds. The fraction of sp³-hybridized carbons (Fsp3) is 0.714. The molecule has 1 aromatic heterocycles. The lowest BCUT2D eigenvalue weighted by Gasteiger charge is -1.97. The fourth-order valence-corrected chi connectivity index (χ4v) is 1.93. The van der Waals surface area contributed by atoms with Crippen molar-refractivity contribution in [2.45, 2.75) is 24.1 Å². The summed E-state index contributed by atoms with van der Waals surface area (Å²) in [6, 6.07) is 0. The Morgan fingerprint density at radius 2 is 2.33 bits per heavy atom. The molecular weight excluding hydrogens is 190 g/mol. The van der Waals surface area contributed by atoms with E-state index in [0.717, 1.165) is 16.0 Å². The second-order valence-electron chi connectivity index (χ2n) is 2.36. The number of anilines is 1. The lowest BCUT2D eigenvalue weighted by molar-refractivity contribution is 0.830. The minimum Gasteiger partial charge on any atom is -0.360 e. The van der Waals surface area contributed by atoms with Gasteiger partial charge >= 0.3 is 0 Å². The first-order chi connectivity index (χ1) is 5.86. The summed E-state index contributed by atoms with van der Waals surface area (Å²) in [7, 11) is 0. The molecule has 0 atom stereocenters. The number of unbranched alkanes of at least 4 members (excludes halogenated alkanes) is 1. The van der Waals surface area contributed by atoms with Crippen molar-refractivity contribution in [3.63, 3.8) is 0 Å². The monoisotopic (exact) mass is 203 g/mol. The van der Waals surface area contributed by atoms with Gasteiger partial charge in [-0.3, -0.25) is 0 Å². The van der Waals surface area contributed by atoms with E-state index in [-0.39, 0.29) is 0 Å². The van der Waals surface area contributed by atoms with E-state index in [0.29, 0.717) is 0 Å². The van der Waals surface area contributed by atoms with E-state index in [1.807, 2.05) is 6.26 Å². The van der Waals surface area contributed by atoms with Crippen LogP contribution >= 0.6 is 23.1 Å². The molecule has 3 nitrogen and oxygen atoms in total. The van der Waals surface area contributed by atoms with E-state index >= 15 is 0 Å². The Morgan fingerprint density at radius 3 is 2.92 bits per heavy atom. The lowest BCUT2D eigenvalue weighted by atomic mass is 10.3. The van der Waals surface area contributed by atoms with Crippen LogP contribution in [0.15, 0.2) is 4.34 Å². The van der Waals surface area contributed by atoms with Crippen molar-refractivity contribution in [3.8, 4) is 0 Å². The van der Waals surface area contributed by atoms with Crippen LogP contribution in [0.4, 0.5) is 5.13 Å². The number of nitrogens with one attached hydrogen (secondary N) is 1. The highest BCUT2D eigenvalue weighted by molar-refractivity contribution is 8.00. The third kappa shape index (κ3) is 2.98. The largest absolute Gasteiger partial charge is 0.360 e. The van der Waals surface area contributed by atoms with Gasteiger partial charge in [-0.15, -0.1) is 10.2 Å². The van der Waals surface area contributed by atoms with Crippen LogP contribution < -0.4 is 5.32 Å². The van der Waals surface area contributed by atoms with E-state index in [1.165, 1.54) is 12.8 Å². The quantitative estimate of drug-likeness (QED) is 0.589. The maximum absolute atomic E-state index is 4.00. The molecule has 0 radical (unpaired) electrons. The van der Waals surface area contributed by atoms with Crippen molar-refractivity contribution in [1.82, 2.24) is 10.2 Å². The Hall–Kier alpha value is -0.290. The van der Waals surface area contributed by atoms with Crippen LogP contribution in [0.25, 0.3) is 0 Å². The van der Waals surface area contributed by atoms with Crippen molar-refractivity contribution >= 4 is 28.2 Å². The second kappa shape index (κ2) is 5.37. The highest BCUT2D eigenvalue weighted by Gasteiger charge is 2.00. The highest BCUT2D eigenvalue weighted by Crippen LogP contribution is 2.22. The molecule has 0 unspecified atom stereocenters. The van der Waals surface area contributed by atoms with Gasteiger partial charge in [0.2, 0.25) is 5.13 Å². The summed E-state index contributed by atoms with van der Waals surface area (Å²) in [6.45, 7) is 3.18. The number of nitrogens with zero attached hydrogens (tertiary/aromatic N) is 2. The summed E-state index contributed by atoms with van der Waals surface area (Å²) >= 11 is 3.25. The van der Waals surface area contributed by atoms with E-state index in [1.54, 1.807) is 23.1 Å². The number of aromatic nitrogens is 2. The van der Waals surface area contributed by atoms with E-state index < -0.39 is 0 Å². The molecule has 0 fully saturated rings. The van der Waals surface area contributed by atoms with Crippen molar-refractivity contribution in [2.75, 3.05) is 18.1 Å². The average molecular weight is 203 g/mol. The van der Waals surface area contributed by atoms with E-state index in [9.17, 15) is 0 Å². The Bertz CT molecular complexity index is 224. The molecule has 0 saturated carbocycles. The molecule has 0 aliphatic rings. The molecule has 0 saturated heterocycles. The molecule has 1 rings (SSSR count). The molecule has 1 N–H and O–H groups in total. The van der Waals surface area contributed by atoms with Gasteiger partial charge in [0.1, 0.15) is 0 Å².